The van der Waals surface area contributed by atoms with Crippen LogP contribution in [-0.4, -0.2) is 24.3 Å². The minimum Gasteiger partial charge on any atom is -0.294 e. The molecule has 0 radical (unpaired) electrons. The highest BCUT2D eigenvalue weighted by atomic mass is 16.1. The predicted molar refractivity (Wildman–Crippen MR) is 37.1 cm³/mol. The average Bonchev–Trinajstić information content (AvgIpc) is 1.94. The minimum absolute atomic E-state index is 0.0554. The standard InChI is InChI=1S/C7H7NO2/c1-8-6-4-5(9)2-3-7(6)10/h2-3H,4H2,1H3. The number of hydrogen-bond acceptors (Lipinski definition) is 3. The summed E-state index contributed by atoms with van der Waals surface area (Å²) in [5, 5.41) is 0. The number of carbonyl (C=O) groups excluding carboxylic acids is 2. The van der Waals surface area contributed by atoms with Crippen LogP contribution in [0.15, 0.2) is 17.1 Å². The smallest absolute Gasteiger partial charge is 0.200 e. The van der Waals surface area contributed by atoms with Crippen LogP contribution in [0.4, 0.5) is 0 Å². The van der Waals surface area contributed by atoms with Crippen LogP contribution >= 0.6 is 0 Å². The van der Waals surface area contributed by atoms with Gasteiger partial charge in [0.2, 0.25) is 0 Å². The Morgan fingerprint density at radius 3 is 2.60 bits per heavy atom. The molecule has 0 fully saturated rings. The summed E-state index contributed by atoms with van der Waals surface area (Å²) in [6.07, 6.45) is 2.71. The fraction of sp³-hybridized carbons (Fsp3) is 0.286. The first-order valence-electron chi connectivity index (χ1n) is 2.95. The Morgan fingerprint density at radius 1 is 1.40 bits per heavy atom. The molecule has 0 aromatic rings. The van der Waals surface area contributed by atoms with Crippen molar-refractivity contribution in [3.8, 4) is 0 Å². The van der Waals surface area contributed by atoms with E-state index in [2.05, 4.69) is 4.99 Å². The molecular weight excluding hydrogens is 130 g/mol. The molecule has 52 valence electrons. The molecule has 1 aliphatic carbocycles. The molecule has 10 heavy (non-hydrogen) atoms. The summed E-state index contributed by atoms with van der Waals surface area (Å²) < 4.78 is 0. The maximum atomic E-state index is 10.8. The van der Waals surface area contributed by atoms with E-state index in [4.69, 9.17) is 0 Å². The van der Waals surface area contributed by atoms with Gasteiger partial charge in [-0.1, -0.05) is 0 Å². The number of allylic oxidation sites excluding steroid dienone is 2. The van der Waals surface area contributed by atoms with Crippen molar-refractivity contribution in [2.75, 3.05) is 7.05 Å². The van der Waals surface area contributed by atoms with E-state index < -0.39 is 0 Å². The highest BCUT2D eigenvalue weighted by Gasteiger charge is 2.15. The molecule has 1 rings (SSSR count). The number of ketones is 2. The van der Waals surface area contributed by atoms with E-state index in [1.54, 1.807) is 0 Å². The van der Waals surface area contributed by atoms with Crippen LogP contribution in [0.5, 0.6) is 0 Å². The van der Waals surface area contributed by atoms with Crippen molar-refractivity contribution in [2.45, 2.75) is 6.42 Å². The summed E-state index contributed by atoms with van der Waals surface area (Å²) >= 11 is 0. The fourth-order valence-electron chi connectivity index (χ4n) is 0.765. The normalized spacial score (nSPS) is 22.3. The summed E-state index contributed by atoms with van der Waals surface area (Å²) in [6.45, 7) is 0. The molecule has 0 saturated heterocycles. The molecule has 0 aliphatic heterocycles. The first-order chi connectivity index (χ1) is 4.74. The number of hydrogen-bond donors (Lipinski definition) is 0. The molecule has 0 N–H and O–H groups in total. The molecule has 0 aromatic carbocycles. The van der Waals surface area contributed by atoms with Gasteiger partial charge in [-0.3, -0.25) is 14.6 Å². The van der Waals surface area contributed by atoms with Gasteiger partial charge in [0.15, 0.2) is 11.6 Å². The molecule has 0 aromatic heterocycles. The topological polar surface area (TPSA) is 46.5 Å². The third-order valence-corrected chi connectivity index (χ3v) is 1.32. The van der Waals surface area contributed by atoms with Gasteiger partial charge in [0.25, 0.3) is 0 Å². The van der Waals surface area contributed by atoms with Gasteiger partial charge in [-0.25, -0.2) is 0 Å². The SMILES string of the molecule is CN=C1CC(=O)C=CC1=O. The van der Waals surface area contributed by atoms with Gasteiger partial charge in [-0.05, 0) is 12.2 Å². The van der Waals surface area contributed by atoms with E-state index >= 15 is 0 Å². The average molecular weight is 137 g/mol. The zero-order valence-electron chi connectivity index (χ0n) is 5.63. The number of rotatable bonds is 0. The first kappa shape index (κ1) is 6.86. The lowest BCUT2D eigenvalue weighted by atomic mass is 10.0. The van der Waals surface area contributed by atoms with E-state index in [1.165, 1.54) is 19.2 Å². The monoisotopic (exact) mass is 137 g/mol. The molecule has 3 nitrogen and oxygen atoms in total. The summed E-state index contributed by atoms with van der Waals surface area (Å²) in [6, 6.07) is 0. The number of carbonyl (C=O) groups is 2. The van der Waals surface area contributed by atoms with E-state index in [9.17, 15) is 9.59 Å². The van der Waals surface area contributed by atoms with Gasteiger partial charge < -0.3 is 0 Å². The van der Waals surface area contributed by atoms with Crippen LogP contribution < -0.4 is 0 Å². The van der Waals surface area contributed by atoms with Crippen molar-refractivity contribution in [2.24, 2.45) is 4.99 Å². The van der Waals surface area contributed by atoms with Gasteiger partial charge in [0.05, 0.1) is 12.1 Å². The molecule has 0 saturated carbocycles. The molecule has 1 aliphatic rings. The zero-order chi connectivity index (χ0) is 7.56. The van der Waals surface area contributed by atoms with E-state index in [-0.39, 0.29) is 18.0 Å². The third-order valence-electron chi connectivity index (χ3n) is 1.32. The Morgan fingerprint density at radius 2 is 2.10 bits per heavy atom. The summed E-state index contributed by atoms with van der Waals surface area (Å²) in [4.78, 5) is 25.1. The molecule has 0 unspecified atom stereocenters. The number of nitrogens with zero attached hydrogens (tertiary/aromatic N) is 1. The Balaban J connectivity index is 2.92. The van der Waals surface area contributed by atoms with Gasteiger partial charge >= 0.3 is 0 Å². The molecular formula is C7H7NO2. The molecule has 0 heterocycles. The molecule has 0 atom stereocenters. The van der Waals surface area contributed by atoms with Crippen molar-refractivity contribution < 1.29 is 9.59 Å². The minimum atomic E-state index is -0.151. The first-order valence-corrected chi connectivity index (χ1v) is 2.95. The lowest BCUT2D eigenvalue weighted by molar-refractivity contribution is -0.116. The van der Waals surface area contributed by atoms with Gasteiger partial charge in [-0.15, -0.1) is 0 Å². The summed E-state index contributed by atoms with van der Waals surface area (Å²) in [7, 11) is 1.51. The quantitative estimate of drug-likeness (QED) is 0.477. The summed E-state index contributed by atoms with van der Waals surface area (Å²) in [5.41, 5.74) is 0.354. The van der Waals surface area contributed by atoms with Crippen molar-refractivity contribution in [3.63, 3.8) is 0 Å². The Kier molecular flexibility index (Phi) is 1.76. The van der Waals surface area contributed by atoms with Crippen molar-refractivity contribution in [3.05, 3.63) is 12.2 Å². The highest BCUT2D eigenvalue weighted by Crippen LogP contribution is 1.99. The Hall–Kier alpha value is -1.25. The second kappa shape index (κ2) is 2.56. The van der Waals surface area contributed by atoms with E-state index in [0.29, 0.717) is 5.71 Å². The van der Waals surface area contributed by atoms with Crippen LogP contribution in [0.3, 0.4) is 0 Å². The van der Waals surface area contributed by atoms with Crippen molar-refractivity contribution in [1.82, 2.24) is 0 Å². The second-order valence-electron chi connectivity index (χ2n) is 2.01. The van der Waals surface area contributed by atoms with E-state index in [0.717, 1.165) is 0 Å². The van der Waals surface area contributed by atoms with Crippen LogP contribution in [0.2, 0.25) is 0 Å². The lowest BCUT2D eigenvalue weighted by Crippen LogP contribution is -2.19. The van der Waals surface area contributed by atoms with Crippen LogP contribution in [0, 0.1) is 0 Å². The summed E-state index contributed by atoms with van der Waals surface area (Å²) in [5.74, 6) is -0.206. The maximum Gasteiger partial charge on any atom is 0.200 e. The highest BCUT2D eigenvalue weighted by molar-refractivity contribution is 6.49. The molecule has 0 spiro atoms. The largest absolute Gasteiger partial charge is 0.294 e. The van der Waals surface area contributed by atoms with Crippen LogP contribution in [-0.2, 0) is 9.59 Å². The van der Waals surface area contributed by atoms with Gasteiger partial charge in [-0.2, -0.15) is 0 Å². The molecule has 0 bridgehead atoms. The lowest BCUT2D eigenvalue weighted by Gasteiger charge is -2.02. The molecule has 0 amide bonds. The Bertz CT molecular complexity index is 238. The van der Waals surface area contributed by atoms with Crippen molar-refractivity contribution >= 4 is 17.3 Å². The van der Waals surface area contributed by atoms with Crippen molar-refractivity contribution in [1.29, 1.82) is 0 Å². The third kappa shape index (κ3) is 1.18. The van der Waals surface area contributed by atoms with Crippen LogP contribution in [0.1, 0.15) is 6.42 Å². The molecule has 3 heteroatoms. The van der Waals surface area contributed by atoms with Gasteiger partial charge in [0, 0.05) is 7.05 Å². The fourth-order valence-corrected chi connectivity index (χ4v) is 0.765. The second-order valence-corrected chi connectivity index (χ2v) is 2.01. The zero-order valence-corrected chi connectivity index (χ0v) is 5.63. The Labute approximate surface area is 58.5 Å². The maximum absolute atomic E-state index is 10.8. The van der Waals surface area contributed by atoms with E-state index in [1.807, 2.05) is 0 Å². The number of aliphatic imine (C=N–C) groups is 1. The predicted octanol–water partition coefficient (Wildman–Crippen LogP) is 0.155. The van der Waals surface area contributed by atoms with Crippen LogP contribution in [0.25, 0.3) is 0 Å². The van der Waals surface area contributed by atoms with Gasteiger partial charge in [0.1, 0.15) is 0 Å².